The number of aryl methyl sites for hydroxylation is 1. The summed E-state index contributed by atoms with van der Waals surface area (Å²) in [6.07, 6.45) is 0. The van der Waals surface area contributed by atoms with E-state index in [1.807, 2.05) is 12.1 Å². The molecule has 4 nitrogen and oxygen atoms in total. The van der Waals surface area contributed by atoms with Crippen molar-refractivity contribution < 1.29 is 9.52 Å². The number of aromatic nitrogens is 2. The van der Waals surface area contributed by atoms with Crippen molar-refractivity contribution in [1.29, 1.82) is 0 Å². The van der Waals surface area contributed by atoms with Crippen molar-refractivity contribution in [2.45, 2.75) is 23.6 Å². The van der Waals surface area contributed by atoms with Crippen molar-refractivity contribution in [3.63, 3.8) is 0 Å². The Hall–Kier alpha value is -1.04. The average Bonchev–Trinajstić information content (AvgIpc) is 2.64. The molecule has 16 heavy (non-hydrogen) atoms. The molecule has 6 heteroatoms. The molecule has 0 unspecified atom stereocenters. The minimum absolute atomic E-state index is 0.116. The summed E-state index contributed by atoms with van der Waals surface area (Å²) < 4.78 is 5.24. The normalized spacial score (nSPS) is 10.7. The van der Waals surface area contributed by atoms with Gasteiger partial charge in [0.1, 0.15) is 0 Å². The third-order valence-electron chi connectivity index (χ3n) is 1.94. The van der Waals surface area contributed by atoms with E-state index < -0.39 is 0 Å². The number of nitrogens with zero attached hydrogens (tertiary/aromatic N) is 2. The highest BCUT2D eigenvalue weighted by atomic mass is 35.5. The summed E-state index contributed by atoms with van der Waals surface area (Å²) in [5.41, 5.74) is 0.671. The molecule has 0 fully saturated rings. The van der Waals surface area contributed by atoms with E-state index in [1.54, 1.807) is 13.0 Å². The van der Waals surface area contributed by atoms with E-state index in [2.05, 4.69) is 10.2 Å². The molecular weight excluding hydrogens is 248 g/mol. The van der Waals surface area contributed by atoms with Gasteiger partial charge in [-0.1, -0.05) is 17.7 Å². The third-order valence-corrected chi connectivity index (χ3v) is 3.23. The van der Waals surface area contributed by atoms with Gasteiger partial charge in [-0.25, -0.2) is 0 Å². The van der Waals surface area contributed by atoms with Crippen LogP contribution in [0.15, 0.2) is 32.7 Å². The minimum Gasteiger partial charge on any atom is -0.416 e. The van der Waals surface area contributed by atoms with Crippen LogP contribution < -0.4 is 0 Å². The zero-order valence-corrected chi connectivity index (χ0v) is 10.0. The van der Waals surface area contributed by atoms with E-state index in [9.17, 15) is 5.11 Å². The van der Waals surface area contributed by atoms with Gasteiger partial charge >= 0.3 is 0 Å². The van der Waals surface area contributed by atoms with Crippen molar-refractivity contribution in [1.82, 2.24) is 10.2 Å². The Morgan fingerprint density at radius 2 is 2.25 bits per heavy atom. The van der Waals surface area contributed by atoms with Crippen molar-refractivity contribution >= 4 is 23.4 Å². The van der Waals surface area contributed by atoms with Crippen LogP contribution >= 0.6 is 23.4 Å². The molecule has 0 saturated heterocycles. The molecule has 0 radical (unpaired) electrons. The van der Waals surface area contributed by atoms with E-state index in [-0.39, 0.29) is 6.61 Å². The van der Waals surface area contributed by atoms with E-state index in [4.69, 9.17) is 16.0 Å². The highest BCUT2D eigenvalue weighted by Gasteiger charge is 2.11. The summed E-state index contributed by atoms with van der Waals surface area (Å²) in [4.78, 5) is 0.818. The molecule has 0 aliphatic rings. The van der Waals surface area contributed by atoms with Crippen LogP contribution in [0.4, 0.5) is 0 Å². The summed E-state index contributed by atoms with van der Waals surface area (Å²) in [5, 5.41) is 17.8. The fourth-order valence-electron chi connectivity index (χ4n) is 1.20. The number of hydrogen-bond acceptors (Lipinski definition) is 5. The number of aliphatic hydroxyl groups is 1. The largest absolute Gasteiger partial charge is 0.416 e. The van der Waals surface area contributed by atoms with Gasteiger partial charge in [-0.05, 0) is 23.9 Å². The molecule has 0 spiro atoms. The third kappa shape index (κ3) is 2.37. The summed E-state index contributed by atoms with van der Waals surface area (Å²) in [6.45, 7) is 1.61. The molecule has 0 saturated carbocycles. The SMILES string of the molecule is Cc1nnc(Sc2cccc(Cl)c2CO)o1. The van der Waals surface area contributed by atoms with Gasteiger partial charge in [-0.3, -0.25) is 0 Å². The van der Waals surface area contributed by atoms with Crippen LogP contribution in [-0.2, 0) is 6.61 Å². The maximum absolute atomic E-state index is 9.22. The van der Waals surface area contributed by atoms with Gasteiger partial charge in [0.2, 0.25) is 5.89 Å². The lowest BCUT2D eigenvalue weighted by molar-refractivity contribution is 0.279. The summed E-state index contributed by atoms with van der Waals surface area (Å²) in [7, 11) is 0. The van der Waals surface area contributed by atoms with Crippen molar-refractivity contribution in [2.24, 2.45) is 0 Å². The Kier molecular flexibility index (Phi) is 3.48. The lowest BCUT2D eigenvalue weighted by Crippen LogP contribution is -1.88. The van der Waals surface area contributed by atoms with E-state index in [0.717, 1.165) is 4.90 Å². The molecule has 1 N–H and O–H groups in total. The lowest BCUT2D eigenvalue weighted by atomic mass is 10.2. The molecule has 0 bridgehead atoms. The first-order valence-electron chi connectivity index (χ1n) is 4.57. The number of rotatable bonds is 3. The fraction of sp³-hybridized carbons (Fsp3) is 0.200. The molecule has 0 aliphatic carbocycles. The molecule has 1 heterocycles. The Balaban J connectivity index is 2.30. The minimum atomic E-state index is -0.116. The standard InChI is InChI=1S/C10H9ClN2O2S/c1-6-12-13-10(15-6)16-9-4-2-3-8(11)7(9)5-14/h2-4,14H,5H2,1H3. The first kappa shape index (κ1) is 11.4. The van der Waals surface area contributed by atoms with Gasteiger partial charge in [-0.2, -0.15) is 0 Å². The molecule has 1 aromatic heterocycles. The lowest BCUT2D eigenvalue weighted by Gasteiger charge is -2.05. The topological polar surface area (TPSA) is 59.2 Å². The van der Waals surface area contributed by atoms with Gasteiger partial charge in [0, 0.05) is 22.4 Å². The second kappa shape index (κ2) is 4.86. The van der Waals surface area contributed by atoms with Gasteiger partial charge < -0.3 is 9.52 Å². The van der Waals surface area contributed by atoms with Crippen LogP contribution in [-0.4, -0.2) is 15.3 Å². The zero-order chi connectivity index (χ0) is 11.5. The Morgan fingerprint density at radius 3 is 2.88 bits per heavy atom. The maximum atomic E-state index is 9.22. The van der Waals surface area contributed by atoms with Crippen molar-refractivity contribution in [3.05, 3.63) is 34.7 Å². The summed E-state index contributed by atoms with van der Waals surface area (Å²) in [6, 6.07) is 5.39. The summed E-state index contributed by atoms with van der Waals surface area (Å²) in [5.74, 6) is 0.509. The van der Waals surface area contributed by atoms with Gasteiger partial charge in [0.05, 0.1) is 6.61 Å². The molecule has 2 aromatic rings. The second-order valence-corrected chi connectivity index (χ2v) is 4.46. The zero-order valence-electron chi connectivity index (χ0n) is 8.48. The van der Waals surface area contributed by atoms with Crippen molar-refractivity contribution in [3.8, 4) is 0 Å². The fourth-order valence-corrected chi connectivity index (χ4v) is 2.37. The Morgan fingerprint density at radius 1 is 1.44 bits per heavy atom. The van der Waals surface area contributed by atoms with E-state index in [0.29, 0.717) is 21.7 Å². The Labute approximate surface area is 102 Å². The first-order valence-corrected chi connectivity index (χ1v) is 5.76. The smallest absolute Gasteiger partial charge is 0.281 e. The number of hydrogen-bond donors (Lipinski definition) is 1. The number of benzene rings is 1. The highest BCUT2D eigenvalue weighted by Crippen LogP contribution is 2.32. The van der Waals surface area contributed by atoms with Gasteiger partial charge in [0.25, 0.3) is 5.22 Å². The Bertz CT molecular complexity index is 501. The van der Waals surface area contributed by atoms with Crippen LogP contribution in [0.5, 0.6) is 0 Å². The van der Waals surface area contributed by atoms with E-state index in [1.165, 1.54) is 11.8 Å². The molecule has 0 amide bonds. The van der Waals surface area contributed by atoms with Crippen LogP contribution in [0.3, 0.4) is 0 Å². The predicted molar refractivity (Wildman–Crippen MR) is 60.5 cm³/mol. The number of halogens is 1. The average molecular weight is 257 g/mol. The molecule has 1 aromatic carbocycles. The monoisotopic (exact) mass is 256 g/mol. The molecule has 84 valence electrons. The summed E-state index contributed by atoms with van der Waals surface area (Å²) >= 11 is 7.25. The van der Waals surface area contributed by atoms with Crippen LogP contribution in [0.25, 0.3) is 0 Å². The predicted octanol–water partition coefficient (Wildman–Crippen LogP) is 2.67. The maximum Gasteiger partial charge on any atom is 0.281 e. The van der Waals surface area contributed by atoms with Crippen LogP contribution in [0, 0.1) is 6.92 Å². The first-order chi connectivity index (χ1) is 7.70. The van der Waals surface area contributed by atoms with E-state index >= 15 is 0 Å². The quantitative estimate of drug-likeness (QED) is 0.915. The van der Waals surface area contributed by atoms with Crippen molar-refractivity contribution in [2.75, 3.05) is 0 Å². The second-order valence-electron chi connectivity index (χ2n) is 3.06. The number of aliphatic hydroxyl groups excluding tert-OH is 1. The molecule has 2 rings (SSSR count). The molecule has 0 atom stereocenters. The molecule has 0 aliphatic heterocycles. The van der Waals surface area contributed by atoms with Gasteiger partial charge in [0.15, 0.2) is 0 Å². The molecular formula is C10H9ClN2O2S. The van der Waals surface area contributed by atoms with Crippen LogP contribution in [0.2, 0.25) is 5.02 Å². The van der Waals surface area contributed by atoms with Gasteiger partial charge in [-0.15, -0.1) is 10.2 Å². The van der Waals surface area contributed by atoms with Crippen LogP contribution in [0.1, 0.15) is 11.5 Å². The highest BCUT2D eigenvalue weighted by molar-refractivity contribution is 7.99.